The Morgan fingerprint density at radius 2 is 1.93 bits per heavy atom. The second kappa shape index (κ2) is 11.4. The van der Waals surface area contributed by atoms with Crippen LogP contribution in [0.1, 0.15) is 13.3 Å². The monoisotopic (exact) mass is 415 g/mol. The summed E-state index contributed by atoms with van der Waals surface area (Å²) in [4.78, 5) is 11.6. The van der Waals surface area contributed by atoms with E-state index in [-0.39, 0.29) is 24.8 Å². The SMILES string of the molecule is CCC(=O)N[C@H]1[C@H](O)[C@@H](O)[C@@H](O[C@@H]([C@H](N)[C@H](O)CO)[C@@H](O)CN)O[C@@H]1CCl. The van der Waals surface area contributed by atoms with Crippen LogP contribution in [-0.4, -0.2) is 105 Å². The summed E-state index contributed by atoms with van der Waals surface area (Å²) in [5, 5.41) is 52.0. The quantitative estimate of drug-likeness (QED) is 0.162. The Morgan fingerprint density at radius 1 is 1.30 bits per heavy atom. The summed E-state index contributed by atoms with van der Waals surface area (Å²) in [5.41, 5.74) is 11.2. The third-order valence-corrected chi connectivity index (χ3v) is 4.73. The van der Waals surface area contributed by atoms with Crippen LogP contribution >= 0.6 is 11.6 Å². The Labute approximate surface area is 162 Å². The van der Waals surface area contributed by atoms with Crippen molar-refractivity contribution in [3.8, 4) is 0 Å². The second-order valence-corrected chi connectivity index (χ2v) is 6.66. The van der Waals surface area contributed by atoms with Gasteiger partial charge >= 0.3 is 0 Å². The predicted octanol–water partition coefficient (Wildman–Crippen LogP) is -4.05. The summed E-state index contributed by atoms with van der Waals surface area (Å²) in [6, 6.07) is -2.23. The normalized spacial score (nSPS) is 33.1. The molecule has 12 heteroatoms. The molecular formula is C15H30ClN3O8. The van der Waals surface area contributed by atoms with Crippen LogP contribution in [0.25, 0.3) is 0 Å². The fourth-order valence-corrected chi connectivity index (χ4v) is 2.97. The van der Waals surface area contributed by atoms with E-state index in [4.69, 9.17) is 37.6 Å². The minimum atomic E-state index is -1.61. The number of rotatable bonds is 10. The number of nitrogens with one attached hydrogen (secondary N) is 1. The van der Waals surface area contributed by atoms with E-state index in [0.717, 1.165) is 0 Å². The lowest BCUT2D eigenvalue weighted by atomic mass is 9.96. The first-order chi connectivity index (χ1) is 12.7. The number of aliphatic hydroxyl groups is 5. The molecule has 0 spiro atoms. The van der Waals surface area contributed by atoms with Crippen molar-refractivity contribution in [1.82, 2.24) is 5.32 Å². The summed E-state index contributed by atoms with van der Waals surface area (Å²) < 4.78 is 11.0. The van der Waals surface area contributed by atoms with E-state index < -0.39 is 61.6 Å². The number of ether oxygens (including phenoxy) is 2. The molecule has 1 aliphatic heterocycles. The summed E-state index contributed by atoms with van der Waals surface area (Å²) in [7, 11) is 0. The van der Waals surface area contributed by atoms with Crippen LogP contribution in [0.2, 0.25) is 0 Å². The number of carbonyl (C=O) groups excluding carboxylic acids is 1. The molecule has 27 heavy (non-hydrogen) atoms. The van der Waals surface area contributed by atoms with Crippen LogP contribution < -0.4 is 16.8 Å². The number of nitrogens with two attached hydrogens (primary N) is 2. The Bertz CT molecular complexity index is 461. The van der Waals surface area contributed by atoms with Gasteiger partial charge in [0.15, 0.2) is 6.29 Å². The van der Waals surface area contributed by atoms with Crippen LogP contribution in [0.5, 0.6) is 0 Å². The fourth-order valence-electron chi connectivity index (χ4n) is 2.71. The summed E-state index contributed by atoms with van der Waals surface area (Å²) in [6.07, 6.45) is -9.39. The molecule has 1 fully saturated rings. The number of hydrogen-bond acceptors (Lipinski definition) is 10. The van der Waals surface area contributed by atoms with Gasteiger partial charge in [-0.15, -0.1) is 11.6 Å². The molecule has 1 saturated heterocycles. The van der Waals surface area contributed by atoms with Gasteiger partial charge in [-0.05, 0) is 0 Å². The van der Waals surface area contributed by atoms with Crippen molar-refractivity contribution in [3.63, 3.8) is 0 Å². The average Bonchev–Trinajstić information content (AvgIpc) is 2.68. The lowest BCUT2D eigenvalue weighted by Gasteiger charge is -2.44. The molecular weight excluding hydrogens is 386 g/mol. The van der Waals surface area contributed by atoms with Gasteiger partial charge in [-0.25, -0.2) is 0 Å². The third kappa shape index (κ3) is 6.19. The topological polar surface area (TPSA) is 201 Å². The number of hydrogen-bond donors (Lipinski definition) is 8. The van der Waals surface area contributed by atoms with Gasteiger partial charge in [-0.3, -0.25) is 4.79 Å². The van der Waals surface area contributed by atoms with Crippen LogP contribution in [0.15, 0.2) is 0 Å². The lowest BCUT2D eigenvalue weighted by molar-refractivity contribution is -0.295. The van der Waals surface area contributed by atoms with Gasteiger partial charge in [0.2, 0.25) is 5.91 Å². The van der Waals surface area contributed by atoms with Crippen LogP contribution in [0, 0.1) is 0 Å². The van der Waals surface area contributed by atoms with Crippen LogP contribution in [0.4, 0.5) is 0 Å². The highest BCUT2D eigenvalue weighted by Gasteiger charge is 2.47. The second-order valence-electron chi connectivity index (χ2n) is 6.36. The molecule has 1 amide bonds. The van der Waals surface area contributed by atoms with Crippen molar-refractivity contribution in [3.05, 3.63) is 0 Å². The number of amides is 1. The Balaban J connectivity index is 2.96. The molecule has 0 bridgehead atoms. The van der Waals surface area contributed by atoms with Crippen LogP contribution in [-0.2, 0) is 14.3 Å². The van der Waals surface area contributed by atoms with Gasteiger partial charge < -0.3 is 51.8 Å². The van der Waals surface area contributed by atoms with E-state index in [1.54, 1.807) is 6.92 Å². The first-order valence-corrected chi connectivity index (χ1v) is 9.20. The maximum absolute atomic E-state index is 11.6. The predicted molar refractivity (Wildman–Crippen MR) is 94.6 cm³/mol. The van der Waals surface area contributed by atoms with E-state index in [2.05, 4.69) is 5.32 Å². The maximum atomic E-state index is 11.6. The van der Waals surface area contributed by atoms with E-state index in [1.807, 2.05) is 0 Å². The number of carbonyl (C=O) groups is 1. The molecule has 10 N–H and O–H groups in total. The minimum absolute atomic E-state index is 0.131. The Hall–Kier alpha value is -0.600. The zero-order valence-electron chi connectivity index (χ0n) is 15.0. The van der Waals surface area contributed by atoms with Crippen molar-refractivity contribution in [1.29, 1.82) is 0 Å². The smallest absolute Gasteiger partial charge is 0.220 e. The van der Waals surface area contributed by atoms with Gasteiger partial charge in [0.25, 0.3) is 0 Å². The molecule has 0 saturated carbocycles. The standard InChI is InChI=1S/C15H30ClN3O8/c1-2-9(23)19-11-8(3-16)26-15(13(25)12(11)24)27-14(6(21)4-17)10(18)7(22)5-20/h6-8,10-15,20-22,24-25H,2-5,17-18H2,1H3,(H,19,23)/t6-,7+,8+,10+,11+,12-,13+,14+,15+/m0/s1. The van der Waals surface area contributed by atoms with Crippen molar-refractivity contribution in [2.75, 3.05) is 19.0 Å². The summed E-state index contributed by atoms with van der Waals surface area (Å²) in [6.45, 7) is 0.649. The van der Waals surface area contributed by atoms with Crippen molar-refractivity contribution in [2.24, 2.45) is 11.5 Å². The minimum Gasteiger partial charge on any atom is -0.394 e. The number of halogens is 1. The van der Waals surface area contributed by atoms with Crippen molar-refractivity contribution in [2.45, 2.75) is 68.3 Å². The molecule has 0 unspecified atom stereocenters. The molecule has 0 aromatic carbocycles. The molecule has 1 rings (SSSR count). The zero-order valence-corrected chi connectivity index (χ0v) is 15.8. The molecule has 0 aromatic heterocycles. The molecule has 1 aliphatic rings. The van der Waals surface area contributed by atoms with E-state index >= 15 is 0 Å². The molecule has 160 valence electrons. The number of alkyl halides is 1. The van der Waals surface area contributed by atoms with E-state index in [9.17, 15) is 25.2 Å². The largest absolute Gasteiger partial charge is 0.394 e. The molecule has 11 nitrogen and oxygen atoms in total. The first-order valence-electron chi connectivity index (χ1n) is 8.66. The van der Waals surface area contributed by atoms with Gasteiger partial charge in [0.05, 0.1) is 42.9 Å². The number of aliphatic hydroxyl groups excluding tert-OH is 5. The molecule has 0 aromatic rings. The highest BCUT2D eigenvalue weighted by atomic mass is 35.5. The molecule has 9 atom stereocenters. The Kier molecular flexibility index (Phi) is 10.3. The van der Waals surface area contributed by atoms with Gasteiger partial charge in [0.1, 0.15) is 18.3 Å². The zero-order chi connectivity index (χ0) is 20.7. The molecule has 0 radical (unpaired) electrons. The fraction of sp³-hybridized carbons (Fsp3) is 0.933. The first kappa shape index (κ1) is 24.4. The van der Waals surface area contributed by atoms with Gasteiger partial charge in [0, 0.05) is 13.0 Å². The maximum Gasteiger partial charge on any atom is 0.220 e. The van der Waals surface area contributed by atoms with Crippen molar-refractivity contribution >= 4 is 17.5 Å². The lowest BCUT2D eigenvalue weighted by Crippen LogP contribution is -2.66. The Morgan fingerprint density at radius 3 is 2.41 bits per heavy atom. The van der Waals surface area contributed by atoms with Gasteiger partial charge in [-0.1, -0.05) is 6.92 Å². The van der Waals surface area contributed by atoms with E-state index in [0.29, 0.717) is 0 Å². The third-order valence-electron chi connectivity index (χ3n) is 4.43. The van der Waals surface area contributed by atoms with Crippen LogP contribution in [0.3, 0.4) is 0 Å². The highest BCUT2D eigenvalue weighted by Crippen LogP contribution is 2.25. The van der Waals surface area contributed by atoms with E-state index in [1.165, 1.54) is 0 Å². The average molecular weight is 416 g/mol. The summed E-state index contributed by atoms with van der Waals surface area (Å²) >= 11 is 5.85. The summed E-state index contributed by atoms with van der Waals surface area (Å²) in [5.74, 6) is -0.498. The van der Waals surface area contributed by atoms with Crippen molar-refractivity contribution < 1.29 is 39.8 Å². The molecule has 0 aliphatic carbocycles. The highest BCUT2D eigenvalue weighted by molar-refractivity contribution is 6.18. The van der Waals surface area contributed by atoms with Gasteiger partial charge in [-0.2, -0.15) is 0 Å². The molecule has 1 heterocycles.